The zero-order valence-corrected chi connectivity index (χ0v) is 20.6. The summed E-state index contributed by atoms with van der Waals surface area (Å²) in [6, 6.07) is 6.48. The minimum Gasteiger partial charge on any atom is -0.464 e. The summed E-state index contributed by atoms with van der Waals surface area (Å²) >= 11 is 7.17. The van der Waals surface area contributed by atoms with Crippen molar-refractivity contribution < 1.29 is 27.1 Å². The highest BCUT2D eigenvalue weighted by atomic mass is 35.5. The second-order valence-corrected chi connectivity index (χ2v) is 10.8. The van der Waals surface area contributed by atoms with E-state index in [4.69, 9.17) is 11.6 Å². The van der Waals surface area contributed by atoms with Crippen LogP contribution in [0.2, 0.25) is 5.02 Å². The van der Waals surface area contributed by atoms with Gasteiger partial charge in [-0.15, -0.1) is 15.6 Å². The molecule has 35 heavy (non-hydrogen) atoms. The van der Waals surface area contributed by atoms with E-state index in [1.165, 1.54) is 23.4 Å². The topological polar surface area (TPSA) is 103 Å². The Bertz CT molecular complexity index is 1340. The normalized spacial score (nSPS) is 13.9. The lowest BCUT2D eigenvalue weighted by Crippen LogP contribution is -2.38. The van der Waals surface area contributed by atoms with E-state index < -0.39 is 32.6 Å². The standard InChI is InChI=1S/C22H21ClF2N4O4S2/c23-16-9-20(35(32,33)29(22(30)31)21-12-34-13-27-21)18(25)10-19(16)26-11-15-8-14(2-3-17(15)24)4-7-28-5-1-6-28/h2-3,8-10,12-13,26H,1,4-7,11H2,(H,30,31). The first-order chi connectivity index (χ1) is 16.7. The molecule has 8 nitrogen and oxygen atoms in total. The van der Waals surface area contributed by atoms with Crippen LogP contribution in [0.25, 0.3) is 0 Å². The molecule has 0 saturated carbocycles. The molecule has 0 radical (unpaired) electrons. The lowest BCUT2D eigenvalue weighted by Gasteiger charge is -2.30. The Morgan fingerprint density at radius 2 is 2.00 bits per heavy atom. The zero-order chi connectivity index (χ0) is 25.2. The van der Waals surface area contributed by atoms with Crippen LogP contribution in [0.5, 0.6) is 0 Å². The van der Waals surface area contributed by atoms with Crippen molar-refractivity contribution in [2.45, 2.75) is 24.3 Å². The van der Waals surface area contributed by atoms with Gasteiger partial charge in [-0.2, -0.15) is 0 Å². The molecule has 2 heterocycles. The van der Waals surface area contributed by atoms with Crippen LogP contribution in [0.3, 0.4) is 0 Å². The smallest absolute Gasteiger partial charge is 0.427 e. The molecule has 3 aromatic rings. The summed E-state index contributed by atoms with van der Waals surface area (Å²) in [5.74, 6) is -2.05. The summed E-state index contributed by atoms with van der Waals surface area (Å²) in [5.41, 5.74) is 2.59. The number of carboxylic acid groups (broad SMARTS) is 1. The molecule has 0 unspecified atom stereocenters. The third-order valence-corrected chi connectivity index (χ3v) is 8.17. The molecule has 1 fully saturated rings. The molecule has 0 bridgehead atoms. The number of aromatic nitrogens is 1. The lowest BCUT2D eigenvalue weighted by molar-refractivity contribution is 0.184. The highest BCUT2D eigenvalue weighted by molar-refractivity contribution is 7.93. The molecule has 1 saturated heterocycles. The van der Waals surface area contributed by atoms with E-state index in [0.717, 1.165) is 55.1 Å². The molecule has 0 aliphatic carbocycles. The monoisotopic (exact) mass is 542 g/mol. The van der Waals surface area contributed by atoms with Gasteiger partial charge in [-0.3, -0.25) is 0 Å². The van der Waals surface area contributed by atoms with E-state index >= 15 is 0 Å². The number of benzene rings is 2. The van der Waals surface area contributed by atoms with Crippen LogP contribution in [0.1, 0.15) is 17.5 Å². The van der Waals surface area contributed by atoms with Gasteiger partial charge in [0.15, 0.2) is 5.82 Å². The third kappa shape index (κ3) is 5.56. The third-order valence-electron chi connectivity index (χ3n) is 5.59. The SMILES string of the molecule is O=C(O)N(c1cscn1)S(=O)(=O)c1cc(Cl)c(NCc2cc(CCN3CCC3)ccc2F)cc1F. The molecule has 1 aliphatic rings. The molecule has 1 amide bonds. The van der Waals surface area contributed by atoms with Gasteiger partial charge in [-0.05, 0) is 49.7 Å². The molecule has 4 rings (SSSR count). The highest BCUT2D eigenvalue weighted by Crippen LogP contribution is 2.32. The molecular weight excluding hydrogens is 522 g/mol. The summed E-state index contributed by atoms with van der Waals surface area (Å²) in [6.45, 7) is 3.01. The number of anilines is 2. The van der Waals surface area contributed by atoms with Crippen molar-refractivity contribution >= 4 is 50.6 Å². The van der Waals surface area contributed by atoms with E-state index in [1.54, 1.807) is 12.1 Å². The molecule has 2 N–H and O–H groups in total. The Balaban J connectivity index is 1.53. The minimum atomic E-state index is -4.86. The van der Waals surface area contributed by atoms with Crippen molar-refractivity contribution in [2.24, 2.45) is 0 Å². The van der Waals surface area contributed by atoms with Crippen molar-refractivity contribution in [2.75, 3.05) is 29.3 Å². The zero-order valence-electron chi connectivity index (χ0n) is 18.2. The van der Waals surface area contributed by atoms with Crippen LogP contribution in [-0.4, -0.2) is 49.1 Å². The molecule has 1 aliphatic heterocycles. The maximum atomic E-state index is 14.9. The molecule has 2 aromatic carbocycles. The highest BCUT2D eigenvalue weighted by Gasteiger charge is 2.35. The maximum Gasteiger partial charge on any atom is 0.427 e. The van der Waals surface area contributed by atoms with Gasteiger partial charge >= 0.3 is 6.09 Å². The second kappa shape index (κ2) is 10.4. The number of thiazole rings is 1. The van der Waals surface area contributed by atoms with Gasteiger partial charge in [0.05, 0.1) is 16.2 Å². The van der Waals surface area contributed by atoms with Crippen molar-refractivity contribution in [1.29, 1.82) is 0 Å². The number of rotatable bonds is 9. The number of nitrogens with one attached hydrogen (secondary N) is 1. The fourth-order valence-corrected chi connectivity index (χ4v) is 5.79. The van der Waals surface area contributed by atoms with E-state index in [0.29, 0.717) is 5.56 Å². The molecule has 186 valence electrons. The summed E-state index contributed by atoms with van der Waals surface area (Å²) in [4.78, 5) is 16.7. The van der Waals surface area contributed by atoms with Crippen LogP contribution < -0.4 is 9.62 Å². The van der Waals surface area contributed by atoms with Crippen LogP contribution in [-0.2, 0) is 23.0 Å². The summed E-state index contributed by atoms with van der Waals surface area (Å²) in [6.07, 6.45) is 0.113. The lowest BCUT2D eigenvalue weighted by atomic mass is 10.1. The predicted octanol–water partition coefficient (Wildman–Crippen LogP) is 4.81. The van der Waals surface area contributed by atoms with Crippen molar-refractivity contribution in [3.05, 3.63) is 69.0 Å². The first kappa shape index (κ1) is 25.3. The van der Waals surface area contributed by atoms with Crippen LogP contribution in [0, 0.1) is 11.6 Å². The molecule has 1 aromatic heterocycles. The number of sulfonamides is 1. The van der Waals surface area contributed by atoms with Gasteiger partial charge in [-0.25, -0.2) is 27.0 Å². The van der Waals surface area contributed by atoms with E-state index in [9.17, 15) is 27.1 Å². The van der Waals surface area contributed by atoms with Gasteiger partial charge in [0, 0.05) is 24.0 Å². The predicted molar refractivity (Wildman–Crippen MR) is 130 cm³/mol. The molecule has 0 atom stereocenters. The molecular formula is C22H21ClF2N4O4S2. The number of halogens is 3. The van der Waals surface area contributed by atoms with Crippen LogP contribution in [0.15, 0.2) is 46.1 Å². The Hall–Kier alpha value is -2.80. The molecule has 0 spiro atoms. The number of likely N-dealkylation sites (tertiary alicyclic amines) is 1. The average molecular weight is 543 g/mol. The average Bonchev–Trinajstić information content (AvgIpc) is 3.28. The van der Waals surface area contributed by atoms with Crippen molar-refractivity contribution in [3.63, 3.8) is 0 Å². The largest absolute Gasteiger partial charge is 0.464 e. The second-order valence-electron chi connectivity index (χ2n) is 7.89. The Labute approximate surface area is 209 Å². The van der Waals surface area contributed by atoms with E-state index in [-0.39, 0.29) is 27.4 Å². The Kier molecular flexibility index (Phi) is 7.55. The number of amides is 1. The van der Waals surface area contributed by atoms with Gasteiger partial charge in [0.1, 0.15) is 16.5 Å². The number of carbonyl (C=O) groups is 1. The first-order valence-electron chi connectivity index (χ1n) is 10.6. The fraction of sp³-hybridized carbons (Fsp3) is 0.273. The number of hydrogen-bond acceptors (Lipinski definition) is 7. The maximum absolute atomic E-state index is 14.9. The van der Waals surface area contributed by atoms with E-state index in [1.807, 2.05) is 0 Å². The van der Waals surface area contributed by atoms with Gasteiger partial charge in [-0.1, -0.05) is 23.7 Å². The van der Waals surface area contributed by atoms with Crippen molar-refractivity contribution in [3.8, 4) is 0 Å². The van der Waals surface area contributed by atoms with Crippen LogP contribution in [0.4, 0.5) is 25.1 Å². The number of hydrogen-bond donors (Lipinski definition) is 2. The summed E-state index contributed by atoms with van der Waals surface area (Å²) in [7, 11) is -4.86. The van der Waals surface area contributed by atoms with Crippen molar-refractivity contribution in [1.82, 2.24) is 9.88 Å². The van der Waals surface area contributed by atoms with Crippen LogP contribution >= 0.6 is 22.9 Å². The molecule has 13 heteroatoms. The summed E-state index contributed by atoms with van der Waals surface area (Å²) in [5, 5.41) is 13.3. The first-order valence-corrected chi connectivity index (χ1v) is 13.3. The Morgan fingerprint density at radius 3 is 2.63 bits per heavy atom. The number of nitrogens with zero attached hydrogens (tertiary/aromatic N) is 3. The van der Waals surface area contributed by atoms with Gasteiger partial charge in [0.2, 0.25) is 0 Å². The Morgan fingerprint density at radius 1 is 1.23 bits per heavy atom. The minimum absolute atomic E-state index is 0.0191. The summed E-state index contributed by atoms with van der Waals surface area (Å²) < 4.78 is 55.0. The quantitative estimate of drug-likeness (QED) is 0.400. The van der Waals surface area contributed by atoms with Gasteiger partial charge < -0.3 is 15.3 Å². The fourth-order valence-electron chi connectivity index (χ4n) is 3.59. The van der Waals surface area contributed by atoms with E-state index in [2.05, 4.69) is 15.2 Å². The van der Waals surface area contributed by atoms with Gasteiger partial charge in [0.25, 0.3) is 10.0 Å².